The number of nitrogens with one attached hydrogen (secondary N) is 2. The molecule has 2 nitrogen and oxygen atoms in total. The molecule has 0 unspecified atom stereocenters. The largest absolute Gasteiger partial charge is 0.362 e. The number of thiocarbonyl (C=S) groups is 1. The highest BCUT2D eigenvalue weighted by molar-refractivity contribution is 7.80. The van der Waals surface area contributed by atoms with Crippen LogP contribution in [0.1, 0.15) is 11.1 Å². The summed E-state index contributed by atoms with van der Waals surface area (Å²) in [4.78, 5) is 0. The molecule has 0 aliphatic carbocycles. The van der Waals surface area contributed by atoms with Crippen LogP contribution in [0.5, 0.6) is 0 Å². The van der Waals surface area contributed by atoms with Crippen LogP contribution in [-0.4, -0.2) is 11.7 Å². The predicted molar refractivity (Wildman–Crippen MR) is 89.0 cm³/mol. The molecule has 0 radical (unpaired) electrons. The highest BCUT2D eigenvalue weighted by Gasteiger charge is 2.03. The van der Waals surface area contributed by atoms with E-state index in [1.807, 2.05) is 24.3 Å². The first kappa shape index (κ1) is 16.6. The topological polar surface area (TPSA) is 24.1 Å². The molecule has 0 bridgehead atoms. The number of rotatable bonds is 5. The fraction of sp³-hybridized carbons (Fsp3) is 0.188. The molecule has 116 valence electrons. The molecule has 2 aromatic carbocycles. The Bertz CT molecular complexity index is 647. The molecule has 2 rings (SSSR count). The fourth-order valence-electron chi connectivity index (χ4n) is 1.87. The van der Waals surface area contributed by atoms with E-state index in [0.29, 0.717) is 28.8 Å². The van der Waals surface area contributed by atoms with Gasteiger partial charge in [-0.25, -0.2) is 8.78 Å². The summed E-state index contributed by atoms with van der Waals surface area (Å²) in [5.41, 5.74) is 1.78. The highest BCUT2D eigenvalue weighted by atomic mass is 35.5. The third-order valence-corrected chi connectivity index (χ3v) is 3.59. The van der Waals surface area contributed by atoms with Gasteiger partial charge in [0, 0.05) is 18.1 Å². The molecule has 0 amide bonds. The van der Waals surface area contributed by atoms with Gasteiger partial charge in [0.05, 0.1) is 0 Å². The van der Waals surface area contributed by atoms with Gasteiger partial charge in [-0.15, -0.1) is 0 Å². The molecule has 0 saturated heterocycles. The molecule has 0 aromatic heterocycles. The monoisotopic (exact) mass is 340 g/mol. The minimum absolute atomic E-state index is 0.337. The van der Waals surface area contributed by atoms with E-state index in [1.165, 1.54) is 6.07 Å². The van der Waals surface area contributed by atoms with Crippen molar-refractivity contribution in [2.45, 2.75) is 13.0 Å². The quantitative estimate of drug-likeness (QED) is 0.809. The molecule has 0 fully saturated rings. The fourth-order valence-corrected chi connectivity index (χ4v) is 2.17. The molecule has 0 saturated carbocycles. The zero-order valence-corrected chi connectivity index (χ0v) is 13.3. The van der Waals surface area contributed by atoms with Crippen molar-refractivity contribution in [3.8, 4) is 0 Å². The molecule has 0 aliphatic heterocycles. The first-order valence-electron chi connectivity index (χ1n) is 6.74. The Labute approximate surface area is 138 Å². The second kappa shape index (κ2) is 8.06. The lowest BCUT2D eigenvalue weighted by atomic mass is 10.1. The first-order chi connectivity index (χ1) is 10.5. The van der Waals surface area contributed by atoms with Gasteiger partial charge in [0.25, 0.3) is 0 Å². The van der Waals surface area contributed by atoms with E-state index >= 15 is 0 Å². The molecule has 2 aromatic rings. The summed E-state index contributed by atoms with van der Waals surface area (Å²) >= 11 is 11.0. The molecular formula is C16H15ClF2N2S. The van der Waals surface area contributed by atoms with E-state index < -0.39 is 11.6 Å². The number of benzene rings is 2. The first-order valence-corrected chi connectivity index (χ1v) is 7.53. The Morgan fingerprint density at radius 1 is 0.955 bits per heavy atom. The second-order valence-electron chi connectivity index (χ2n) is 4.73. The average Bonchev–Trinajstić information content (AvgIpc) is 2.50. The van der Waals surface area contributed by atoms with Crippen LogP contribution in [0.4, 0.5) is 8.78 Å². The summed E-state index contributed by atoms with van der Waals surface area (Å²) in [6, 6.07) is 11.4. The maximum atomic E-state index is 13.1. The van der Waals surface area contributed by atoms with Crippen LogP contribution in [-0.2, 0) is 13.0 Å². The van der Waals surface area contributed by atoms with Crippen molar-refractivity contribution in [3.63, 3.8) is 0 Å². The van der Waals surface area contributed by atoms with E-state index in [9.17, 15) is 8.78 Å². The van der Waals surface area contributed by atoms with Crippen LogP contribution in [0, 0.1) is 11.6 Å². The molecular weight excluding hydrogens is 326 g/mol. The van der Waals surface area contributed by atoms with Gasteiger partial charge in [-0.3, -0.25) is 0 Å². The van der Waals surface area contributed by atoms with Gasteiger partial charge in [-0.2, -0.15) is 0 Å². The summed E-state index contributed by atoms with van der Waals surface area (Å²) in [5.74, 6) is -1.71. The van der Waals surface area contributed by atoms with Gasteiger partial charge < -0.3 is 10.6 Å². The van der Waals surface area contributed by atoms with Gasteiger partial charge in [-0.05, 0) is 54.0 Å². The lowest BCUT2D eigenvalue weighted by molar-refractivity contribution is 0.507. The van der Waals surface area contributed by atoms with E-state index in [4.69, 9.17) is 23.8 Å². The molecule has 6 heteroatoms. The minimum atomic E-state index is -0.860. The summed E-state index contributed by atoms with van der Waals surface area (Å²) in [7, 11) is 0. The van der Waals surface area contributed by atoms with Crippen LogP contribution in [0.25, 0.3) is 0 Å². The summed E-state index contributed by atoms with van der Waals surface area (Å²) < 4.78 is 25.9. The van der Waals surface area contributed by atoms with Crippen LogP contribution < -0.4 is 10.6 Å². The lowest BCUT2D eigenvalue weighted by Crippen LogP contribution is -2.35. The van der Waals surface area contributed by atoms with Crippen molar-refractivity contribution in [3.05, 3.63) is 70.2 Å². The molecule has 22 heavy (non-hydrogen) atoms. The zero-order chi connectivity index (χ0) is 15.9. The number of halogens is 3. The third-order valence-electron chi connectivity index (χ3n) is 3.05. The molecule has 0 atom stereocenters. The maximum Gasteiger partial charge on any atom is 0.166 e. The minimum Gasteiger partial charge on any atom is -0.362 e. The van der Waals surface area contributed by atoms with Crippen molar-refractivity contribution >= 4 is 28.9 Å². The van der Waals surface area contributed by atoms with Crippen LogP contribution in [0.2, 0.25) is 5.02 Å². The maximum absolute atomic E-state index is 13.1. The second-order valence-corrected chi connectivity index (χ2v) is 5.58. The third kappa shape index (κ3) is 5.24. The highest BCUT2D eigenvalue weighted by Crippen LogP contribution is 2.10. The van der Waals surface area contributed by atoms with Crippen molar-refractivity contribution in [2.75, 3.05) is 6.54 Å². The predicted octanol–water partition coefficient (Wildman–Crippen LogP) is 3.83. The Hall–Kier alpha value is -1.72. The summed E-state index contributed by atoms with van der Waals surface area (Å²) in [5, 5.41) is 7.19. The van der Waals surface area contributed by atoms with Gasteiger partial charge in [0.15, 0.2) is 16.7 Å². The van der Waals surface area contributed by atoms with E-state index in [1.54, 1.807) is 0 Å². The molecule has 2 N–H and O–H groups in total. The Kier molecular flexibility index (Phi) is 6.10. The zero-order valence-electron chi connectivity index (χ0n) is 11.7. The number of hydrogen-bond acceptors (Lipinski definition) is 1. The SMILES string of the molecule is Fc1ccc(CNC(=S)NCCc2ccc(Cl)cc2)cc1F. The van der Waals surface area contributed by atoms with E-state index in [0.717, 1.165) is 24.1 Å². The van der Waals surface area contributed by atoms with Crippen molar-refractivity contribution in [1.82, 2.24) is 10.6 Å². The smallest absolute Gasteiger partial charge is 0.166 e. The summed E-state index contributed by atoms with van der Waals surface area (Å²) in [6.45, 7) is 1.01. The average molecular weight is 341 g/mol. The molecule has 0 heterocycles. The van der Waals surface area contributed by atoms with Crippen LogP contribution >= 0.6 is 23.8 Å². The Balaban J connectivity index is 1.71. The number of hydrogen-bond donors (Lipinski definition) is 2. The van der Waals surface area contributed by atoms with Crippen LogP contribution in [0.3, 0.4) is 0 Å². The lowest BCUT2D eigenvalue weighted by Gasteiger charge is -2.11. The normalized spacial score (nSPS) is 10.3. The van der Waals surface area contributed by atoms with E-state index in [-0.39, 0.29) is 0 Å². The van der Waals surface area contributed by atoms with Crippen molar-refractivity contribution in [2.24, 2.45) is 0 Å². The Morgan fingerprint density at radius 2 is 1.64 bits per heavy atom. The molecule has 0 aliphatic rings. The standard InChI is InChI=1S/C16H15ClF2N2S/c17-13-4-1-11(2-5-13)7-8-20-16(22)21-10-12-3-6-14(18)15(19)9-12/h1-6,9H,7-8,10H2,(H2,20,21,22). The van der Waals surface area contributed by atoms with Crippen molar-refractivity contribution < 1.29 is 8.78 Å². The van der Waals surface area contributed by atoms with Gasteiger partial charge in [-0.1, -0.05) is 29.8 Å². The summed E-state index contributed by atoms with van der Waals surface area (Å²) in [6.07, 6.45) is 0.810. The Morgan fingerprint density at radius 3 is 2.32 bits per heavy atom. The van der Waals surface area contributed by atoms with E-state index in [2.05, 4.69) is 10.6 Å². The van der Waals surface area contributed by atoms with Gasteiger partial charge >= 0.3 is 0 Å². The van der Waals surface area contributed by atoms with Gasteiger partial charge in [0.2, 0.25) is 0 Å². The van der Waals surface area contributed by atoms with Crippen molar-refractivity contribution in [1.29, 1.82) is 0 Å². The van der Waals surface area contributed by atoms with Crippen LogP contribution in [0.15, 0.2) is 42.5 Å². The van der Waals surface area contributed by atoms with Gasteiger partial charge in [0.1, 0.15) is 0 Å². The molecule has 0 spiro atoms.